The number of esters is 3. The van der Waals surface area contributed by atoms with E-state index in [9.17, 15) is 14.4 Å². The molecule has 6 nitrogen and oxygen atoms in total. The normalized spacial score (nSPS) is 24.9. The summed E-state index contributed by atoms with van der Waals surface area (Å²) in [5, 5.41) is 0. The average molecular weight is 385 g/mol. The highest BCUT2D eigenvalue weighted by Crippen LogP contribution is 2.39. The molecular weight excluding hydrogens is 348 g/mol. The largest absolute Gasteiger partial charge is 0.462 e. The maximum Gasteiger partial charge on any atom is 0.306 e. The lowest BCUT2D eigenvalue weighted by Crippen LogP contribution is -2.49. The van der Waals surface area contributed by atoms with E-state index < -0.39 is 17.8 Å². The molecule has 0 spiro atoms. The van der Waals surface area contributed by atoms with Crippen LogP contribution in [0.1, 0.15) is 98.3 Å². The van der Waals surface area contributed by atoms with Gasteiger partial charge in [0.05, 0.1) is 0 Å². The van der Waals surface area contributed by atoms with Gasteiger partial charge in [-0.05, 0) is 12.8 Å². The second-order valence-electron chi connectivity index (χ2n) is 7.40. The monoisotopic (exact) mass is 384 g/mol. The van der Waals surface area contributed by atoms with Crippen molar-refractivity contribution in [2.45, 2.75) is 116 Å². The summed E-state index contributed by atoms with van der Waals surface area (Å²) in [4.78, 5) is 35.7. The molecule has 0 radical (unpaired) electrons. The number of carbonyl (C=O) groups excluding carboxylic acids is 3. The summed E-state index contributed by atoms with van der Waals surface area (Å²) in [6, 6.07) is 0. The van der Waals surface area contributed by atoms with Crippen molar-refractivity contribution in [1.82, 2.24) is 0 Å². The molecule has 0 aromatic carbocycles. The van der Waals surface area contributed by atoms with Crippen molar-refractivity contribution in [3.05, 3.63) is 0 Å². The summed E-state index contributed by atoms with van der Waals surface area (Å²) < 4.78 is 17.0. The highest BCUT2D eigenvalue weighted by atomic mass is 16.6. The van der Waals surface area contributed by atoms with Crippen LogP contribution in [0.5, 0.6) is 0 Å². The van der Waals surface area contributed by atoms with Crippen LogP contribution in [0, 0.1) is 0 Å². The molecule has 1 fully saturated rings. The summed E-state index contributed by atoms with van der Waals surface area (Å²) in [6.07, 6.45) is 6.36. The van der Waals surface area contributed by atoms with Crippen LogP contribution in [0.25, 0.3) is 0 Å². The second-order valence-corrected chi connectivity index (χ2v) is 7.40. The van der Waals surface area contributed by atoms with Gasteiger partial charge in [0, 0.05) is 38.5 Å². The molecule has 156 valence electrons. The standard InChI is InChI=1S/C21H36O6/c1-5-9-10-11-12-21(27-20(24)8-4)14-16(25-18(22)6-2)13-17(15-21)26-19(23)7-3/h16-17H,5-15H2,1-4H3. The topological polar surface area (TPSA) is 78.9 Å². The van der Waals surface area contributed by atoms with Crippen molar-refractivity contribution in [1.29, 1.82) is 0 Å². The number of rotatable bonds is 11. The van der Waals surface area contributed by atoms with Crippen molar-refractivity contribution >= 4 is 17.9 Å². The highest BCUT2D eigenvalue weighted by molar-refractivity contribution is 5.70. The summed E-state index contributed by atoms with van der Waals surface area (Å²) in [7, 11) is 0. The number of ether oxygens (including phenoxy) is 3. The molecule has 2 unspecified atom stereocenters. The fourth-order valence-corrected chi connectivity index (χ4v) is 3.62. The zero-order valence-corrected chi connectivity index (χ0v) is 17.4. The van der Waals surface area contributed by atoms with Crippen LogP contribution >= 0.6 is 0 Å². The van der Waals surface area contributed by atoms with Crippen LogP contribution in [0.4, 0.5) is 0 Å². The van der Waals surface area contributed by atoms with Gasteiger partial charge < -0.3 is 14.2 Å². The van der Waals surface area contributed by atoms with Crippen LogP contribution < -0.4 is 0 Å². The molecule has 1 aliphatic carbocycles. The first-order chi connectivity index (χ1) is 12.9. The van der Waals surface area contributed by atoms with E-state index in [-0.39, 0.29) is 37.2 Å². The van der Waals surface area contributed by atoms with Crippen LogP contribution in [0.2, 0.25) is 0 Å². The van der Waals surface area contributed by atoms with Crippen molar-refractivity contribution in [3.8, 4) is 0 Å². The van der Waals surface area contributed by atoms with Crippen molar-refractivity contribution in [2.75, 3.05) is 0 Å². The molecular formula is C21H36O6. The van der Waals surface area contributed by atoms with Crippen LogP contribution in [-0.4, -0.2) is 35.7 Å². The van der Waals surface area contributed by atoms with E-state index in [1.54, 1.807) is 20.8 Å². The van der Waals surface area contributed by atoms with Gasteiger partial charge in [-0.15, -0.1) is 0 Å². The summed E-state index contributed by atoms with van der Waals surface area (Å²) in [5.74, 6) is -0.845. The average Bonchev–Trinajstić information content (AvgIpc) is 2.64. The molecule has 1 rings (SSSR count). The lowest BCUT2D eigenvalue weighted by atomic mass is 9.77. The molecule has 1 aliphatic rings. The minimum atomic E-state index is -0.740. The number of hydrogen-bond donors (Lipinski definition) is 0. The summed E-state index contributed by atoms with van der Waals surface area (Å²) in [6.45, 7) is 7.40. The Labute approximate surface area is 163 Å². The minimum Gasteiger partial charge on any atom is -0.462 e. The van der Waals surface area contributed by atoms with Gasteiger partial charge in [-0.25, -0.2) is 0 Å². The fraction of sp³-hybridized carbons (Fsp3) is 0.857. The zero-order valence-electron chi connectivity index (χ0n) is 17.4. The van der Waals surface area contributed by atoms with E-state index in [0.29, 0.717) is 25.7 Å². The molecule has 0 aliphatic heterocycles. The molecule has 6 heteroatoms. The summed E-state index contributed by atoms with van der Waals surface area (Å²) in [5.41, 5.74) is -0.740. The molecule has 0 amide bonds. The predicted octanol–water partition coefficient (Wildman–Crippen LogP) is 4.48. The first-order valence-corrected chi connectivity index (χ1v) is 10.5. The Kier molecular flexibility index (Phi) is 10.4. The van der Waals surface area contributed by atoms with E-state index in [2.05, 4.69) is 6.92 Å². The van der Waals surface area contributed by atoms with Gasteiger partial charge in [0.25, 0.3) is 0 Å². The van der Waals surface area contributed by atoms with Gasteiger partial charge in [-0.1, -0.05) is 47.0 Å². The molecule has 0 aromatic heterocycles. The van der Waals surface area contributed by atoms with E-state index in [1.165, 1.54) is 0 Å². The van der Waals surface area contributed by atoms with Gasteiger partial charge in [-0.2, -0.15) is 0 Å². The number of hydrogen-bond acceptors (Lipinski definition) is 6. The molecule has 0 bridgehead atoms. The van der Waals surface area contributed by atoms with E-state index >= 15 is 0 Å². The first kappa shape index (κ1) is 23.4. The third-order valence-corrected chi connectivity index (χ3v) is 5.00. The summed E-state index contributed by atoms with van der Waals surface area (Å²) >= 11 is 0. The zero-order chi connectivity index (χ0) is 20.3. The lowest BCUT2D eigenvalue weighted by Gasteiger charge is -2.43. The predicted molar refractivity (Wildman–Crippen MR) is 102 cm³/mol. The lowest BCUT2D eigenvalue weighted by molar-refractivity contribution is -0.186. The van der Waals surface area contributed by atoms with E-state index in [4.69, 9.17) is 14.2 Å². The van der Waals surface area contributed by atoms with Crippen LogP contribution in [0.15, 0.2) is 0 Å². The van der Waals surface area contributed by atoms with E-state index in [1.807, 2.05) is 0 Å². The maximum absolute atomic E-state index is 12.1. The van der Waals surface area contributed by atoms with Gasteiger partial charge in [0.15, 0.2) is 0 Å². The number of carbonyl (C=O) groups is 3. The van der Waals surface area contributed by atoms with Gasteiger partial charge in [-0.3, -0.25) is 14.4 Å². The van der Waals surface area contributed by atoms with Crippen molar-refractivity contribution < 1.29 is 28.6 Å². The maximum atomic E-state index is 12.1. The van der Waals surface area contributed by atoms with E-state index in [0.717, 1.165) is 25.7 Å². The molecule has 2 atom stereocenters. The third-order valence-electron chi connectivity index (χ3n) is 5.00. The van der Waals surface area contributed by atoms with Crippen LogP contribution in [-0.2, 0) is 28.6 Å². The smallest absolute Gasteiger partial charge is 0.306 e. The van der Waals surface area contributed by atoms with Gasteiger partial charge in [0.1, 0.15) is 17.8 Å². The van der Waals surface area contributed by atoms with Gasteiger partial charge >= 0.3 is 17.9 Å². The molecule has 0 N–H and O–H groups in total. The molecule has 27 heavy (non-hydrogen) atoms. The SMILES string of the molecule is CCCCCCC1(OC(=O)CC)CC(OC(=O)CC)CC(OC(=O)CC)C1. The van der Waals surface area contributed by atoms with Crippen molar-refractivity contribution in [2.24, 2.45) is 0 Å². The minimum absolute atomic E-state index is 0.270. The Morgan fingerprint density at radius 1 is 0.778 bits per heavy atom. The Hall–Kier alpha value is -1.59. The Morgan fingerprint density at radius 2 is 1.30 bits per heavy atom. The molecule has 0 saturated heterocycles. The number of unbranched alkanes of at least 4 members (excludes halogenated alkanes) is 3. The Morgan fingerprint density at radius 3 is 1.74 bits per heavy atom. The van der Waals surface area contributed by atoms with Crippen molar-refractivity contribution in [3.63, 3.8) is 0 Å². The first-order valence-electron chi connectivity index (χ1n) is 10.5. The molecule has 0 aromatic rings. The quantitative estimate of drug-likeness (QED) is 0.297. The Balaban J connectivity index is 2.98. The second kappa shape index (κ2) is 12.0. The highest BCUT2D eigenvalue weighted by Gasteiger charge is 2.45. The molecule has 0 heterocycles. The fourth-order valence-electron chi connectivity index (χ4n) is 3.62. The van der Waals surface area contributed by atoms with Crippen LogP contribution in [0.3, 0.4) is 0 Å². The van der Waals surface area contributed by atoms with Gasteiger partial charge in [0.2, 0.25) is 0 Å². The Bertz CT molecular complexity index is 461. The molecule has 1 saturated carbocycles. The third kappa shape index (κ3) is 8.31.